The minimum absolute atomic E-state index is 0.0671. The fraction of sp³-hybridized carbons (Fsp3) is 1.00. The van der Waals surface area contributed by atoms with Crippen molar-refractivity contribution in [3.05, 3.63) is 0 Å². The molecule has 58 valence electrons. The molecular weight excluding hydrogens is 128 g/mol. The summed E-state index contributed by atoms with van der Waals surface area (Å²) in [6.45, 7) is 4.14. The van der Waals surface area contributed by atoms with Crippen LogP contribution in [0.25, 0.3) is 0 Å². The highest BCUT2D eigenvalue weighted by atomic mass is 16.6. The molecule has 2 fully saturated rings. The summed E-state index contributed by atoms with van der Waals surface area (Å²) in [6.07, 6.45) is 1.90. The van der Waals surface area contributed by atoms with E-state index in [2.05, 4.69) is 13.8 Å². The largest absolute Gasteiger partial charge is 0.368 e. The van der Waals surface area contributed by atoms with Crippen LogP contribution >= 0.6 is 0 Å². The Balaban J connectivity index is 2.17. The predicted octanol–water partition coefficient (Wildman–Crippen LogP) is 1.14. The van der Waals surface area contributed by atoms with Crippen molar-refractivity contribution in [2.24, 2.45) is 11.8 Å². The van der Waals surface area contributed by atoms with E-state index in [1.165, 1.54) is 6.42 Å². The molecule has 1 saturated heterocycles. The normalized spacial score (nSPS) is 50.1. The van der Waals surface area contributed by atoms with Gasteiger partial charge in [0.15, 0.2) is 6.29 Å². The Hall–Kier alpha value is -0.0800. The Morgan fingerprint density at radius 1 is 1.40 bits per heavy atom. The van der Waals surface area contributed by atoms with Crippen LogP contribution in [-0.2, 0) is 4.74 Å². The second kappa shape index (κ2) is 1.74. The molecule has 2 heteroatoms. The third-order valence-corrected chi connectivity index (χ3v) is 3.01. The maximum Gasteiger partial charge on any atom is 0.158 e. The van der Waals surface area contributed by atoms with Crippen LogP contribution in [0.3, 0.4) is 0 Å². The smallest absolute Gasteiger partial charge is 0.158 e. The van der Waals surface area contributed by atoms with Crippen molar-refractivity contribution in [1.29, 1.82) is 0 Å². The quantitative estimate of drug-likeness (QED) is 0.549. The van der Waals surface area contributed by atoms with Gasteiger partial charge in [-0.2, -0.15) is 0 Å². The topological polar surface area (TPSA) is 29.5 Å². The van der Waals surface area contributed by atoms with Gasteiger partial charge in [0.1, 0.15) is 0 Å². The Morgan fingerprint density at radius 3 is 2.30 bits per heavy atom. The molecule has 1 aliphatic carbocycles. The third-order valence-electron chi connectivity index (χ3n) is 3.01. The van der Waals surface area contributed by atoms with Crippen LogP contribution in [-0.4, -0.2) is 17.0 Å². The molecule has 1 N–H and O–H groups in total. The van der Waals surface area contributed by atoms with Crippen LogP contribution in [0, 0.1) is 11.8 Å². The molecule has 10 heavy (non-hydrogen) atoms. The molecule has 0 aromatic carbocycles. The highest BCUT2D eigenvalue weighted by molar-refractivity contribution is 4.98. The van der Waals surface area contributed by atoms with Crippen molar-refractivity contribution in [3.8, 4) is 0 Å². The average Bonchev–Trinajstić information content (AvgIpc) is 1.66. The third kappa shape index (κ3) is 0.663. The Labute approximate surface area is 61.2 Å². The van der Waals surface area contributed by atoms with E-state index in [0.717, 1.165) is 6.42 Å². The lowest BCUT2D eigenvalue weighted by molar-refractivity contribution is -0.134. The molecule has 3 atom stereocenters. The summed E-state index contributed by atoms with van der Waals surface area (Å²) in [5, 5.41) is 9.33. The van der Waals surface area contributed by atoms with E-state index in [1.807, 2.05) is 0 Å². The summed E-state index contributed by atoms with van der Waals surface area (Å²) in [4.78, 5) is 0. The first-order valence-corrected chi connectivity index (χ1v) is 3.97. The summed E-state index contributed by atoms with van der Waals surface area (Å²) in [5.41, 5.74) is -0.0671. The zero-order valence-corrected chi connectivity index (χ0v) is 6.50. The number of hydrogen-bond donors (Lipinski definition) is 1. The first-order valence-electron chi connectivity index (χ1n) is 3.97. The lowest BCUT2D eigenvalue weighted by Crippen LogP contribution is -2.36. The molecule has 0 aromatic heterocycles. The van der Waals surface area contributed by atoms with Crippen LogP contribution in [0.2, 0.25) is 0 Å². The van der Waals surface area contributed by atoms with Gasteiger partial charge >= 0.3 is 0 Å². The molecular formula is C8H14O2. The van der Waals surface area contributed by atoms with Gasteiger partial charge in [0.05, 0.1) is 5.60 Å². The Morgan fingerprint density at radius 2 is 2.10 bits per heavy atom. The SMILES string of the molecule is CC1(C)OC(O)[C@H]2CC[C@H]21. The van der Waals surface area contributed by atoms with Gasteiger partial charge in [-0.05, 0) is 32.6 Å². The zero-order chi connectivity index (χ0) is 7.35. The molecule has 1 heterocycles. The van der Waals surface area contributed by atoms with Crippen LogP contribution in [0.5, 0.6) is 0 Å². The summed E-state index contributed by atoms with van der Waals surface area (Å²) in [6, 6.07) is 0. The van der Waals surface area contributed by atoms with Gasteiger partial charge in [-0.15, -0.1) is 0 Å². The van der Waals surface area contributed by atoms with Gasteiger partial charge in [0, 0.05) is 5.92 Å². The van der Waals surface area contributed by atoms with Crippen LogP contribution in [0.4, 0.5) is 0 Å². The van der Waals surface area contributed by atoms with E-state index in [1.54, 1.807) is 0 Å². The standard InChI is InChI=1S/C8H14O2/c1-8(2)6-4-3-5(6)7(9)10-8/h5-7,9H,3-4H2,1-2H3/t5-,6+,7?/m0/s1. The van der Waals surface area contributed by atoms with Crippen molar-refractivity contribution in [3.63, 3.8) is 0 Å². The van der Waals surface area contributed by atoms with Crippen LogP contribution < -0.4 is 0 Å². The fourth-order valence-electron chi connectivity index (χ4n) is 2.22. The second-order valence-corrected chi connectivity index (χ2v) is 3.96. The van der Waals surface area contributed by atoms with Gasteiger partial charge in [-0.25, -0.2) is 0 Å². The number of fused-ring (bicyclic) bond motifs is 1. The molecule has 2 aliphatic rings. The van der Waals surface area contributed by atoms with Crippen molar-refractivity contribution in [2.75, 3.05) is 0 Å². The van der Waals surface area contributed by atoms with Gasteiger partial charge in [0.2, 0.25) is 0 Å². The predicted molar refractivity (Wildman–Crippen MR) is 37.4 cm³/mol. The molecule has 0 radical (unpaired) electrons. The highest BCUT2D eigenvalue weighted by Crippen LogP contribution is 2.51. The summed E-state index contributed by atoms with van der Waals surface area (Å²) in [5.74, 6) is 1.05. The van der Waals surface area contributed by atoms with Crippen LogP contribution in [0.15, 0.2) is 0 Å². The number of ether oxygens (including phenoxy) is 1. The zero-order valence-electron chi connectivity index (χ0n) is 6.50. The van der Waals surface area contributed by atoms with E-state index in [-0.39, 0.29) is 5.60 Å². The Bertz CT molecular complexity index is 153. The molecule has 0 spiro atoms. The van der Waals surface area contributed by atoms with E-state index >= 15 is 0 Å². The molecule has 1 saturated carbocycles. The number of rotatable bonds is 0. The summed E-state index contributed by atoms with van der Waals surface area (Å²) in [7, 11) is 0. The monoisotopic (exact) mass is 142 g/mol. The Kier molecular flexibility index (Phi) is 1.15. The highest BCUT2D eigenvalue weighted by Gasteiger charge is 2.53. The van der Waals surface area contributed by atoms with Crippen molar-refractivity contribution < 1.29 is 9.84 Å². The van der Waals surface area contributed by atoms with Crippen molar-refractivity contribution in [1.82, 2.24) is 0 Å². The molecule has 2 nitrogen and oxygen atoms in total. The van der Waals surface area contributed by atoms with Gasteiger partial charge in [-0.1, -0.05) is 0 Å². The lowest BCUT2D eigenvalue weighted by Gasteiger charge is -2.35. The molecule has 2 rings (SSSR count). The average molecular weight is 142 g/mol. The van der Waals surface area contributed by atoms with Crippen LogP contribution in [0.1, 0.15) is 26.7 Å². The van der Waals surface area contributed by atoms with Gasteiger partial charge < -0.3 is 9.84 Å². The first kappa shape index (κ1) is 6.62. The summed E-state index contributed by atoms with van der Waals surface area (Å²) < 4.78 is 5.39. The second-order valence-electron chi connectivity index (χ2n) is 3.96. The van der Waals surface area contributed by atoms with E-state index in [9.17, 15) is 5.11 Å². The molecule has 0 aromatic rings. The van der Waals surface area contributed by atoms with Gasteiger partial charge in [-0.3, -0.25) is 0 Å². The minimum Gasteiger partial charge on any atom is -0.368 e. The number of aliphatic hydroxyl groups is 1. The van der Waals surface area contributed by atoms with Gasteiger partial charge in [0.25, 0.3) is 0 Å². The molecule has 0 bridgehead atoms. The number of aliphatic hydroxyl groups excluding tert-OH is 1. The maximum absolute atomic E-state index is 9.33. The van der Waals surface area contributed by atoms with E-state index in [4.69, 9.17) is 4.74 Å². The van der Waals surface area contributed by atoms with Crippen molar-refractivity contribution in [2.45, 2.75) is 38.6 Å². The van der Waals surface area contributed by atoms with E-state index in [0.29, 0.717) is 11.8 Å². The minimum atomic E-state index is -0.478. The summed E-state index contributed by atoms with van der Waals surface area (Å²) >= 11 is 0. The fourth-order valence-corrected chi connectivity index (χ4v) is 2.22. The molecule has 1 unspecified atom stereocenters. The maximum atomic E-state index is 9.33. The molecule has 0 amide bonds. The first-order chi connectivity index (χ1) is 4.61. The molecule has 1 aliphatic heterocycles. The number of hydrogen-bond acceptors (Lipinski definition) is 2. The van der Waals surface area contributed by atoms with E-state index < -0.39 is 6.29 Å². The van der Waals surface area contributed by atoms with Crippen molar-refractivity contribution >= 4 is 0 Å². The lowest BCUT2D eigenvalue weighted by atomic mass is 9.68.